The van der Waals surface area contributed by atoms with E-state index in [2.05, 4.69) is 5.16 Å². The summed E-state index contributed by atoms with van der Waals surface area (Å²) >= 11 is 0. The number of hydrogen-bond acceptors (Lipinski definition) is 4. The molecule has 0 aromatic heterocycles. The van der Waals surface area contributed by atoms with Gasteiger partial charge in [0.25, 0.3) is 0 Å². The van der Waals surface area contributed by atoms with Crippen molar-refractivity contribution in [3.05, 3.63) is 0 Å². The van der Waals surface area contributed by atoms with Crippen LogP contribution in [0.5, 0.6) is 0 Å². The molecule has 4 nitrogen and oxygen atoms in total. The summed E-state index contributed by atoms with van der Waals surface area (Å²) in [5.74, 6) is 0.389. The van der Waals surface area contributed by atoms with Crippen LogP contribution in [-0.2, 0) is 0 Å². The second-order valence-corrected chi connectivity index (χ2v) is 5.23. The summed E-state index contributed by atoms with van der Waals surface area (Å²) < 4.78 is 0. The molecule has 80 valence electrons. The van der Waals surface area contributed by atoms with Gasteiger partial charge in [-0.2, -0.15) is 5.06 Å². The molecule has 2 saturated heterocycles. The Morgan fingerprint density at radius 1 is 1.43 bits per heavy atom. The second kappa shape index (κ2) is 2.70. The Morgan fingerprint density at radius 3 is 2.64 bits per heavy atom. The smallest absolute Gasteiger partial charge is 0.0851 e. The summed E-state index contributed by atoms with van der Waals surface area (Å²) in [5.41, 5.74) is 0.0457. The topological polar surface area (TPSA) is 56.1 Å². The highest BCUT2D eigenvalue weighted by atomic mass is 16.5. The summed E-state index contributed by atoms with van der Waals surface area (Å²) in [6.45, 7) is 6.03. The molecule has 0 aromatic rings. The van der Waals surface area contributed by atoms with Crippen LogP contribution < -0.4 is 0 Å². The van der Waals surface area contributed by atoms with E-state index in [-0.39, 0.29) is 5.54 Å². The van der Waals surface area contributed by atoms with Crippen molar-refractivity contribution in [1.29, 1.82) is 0 Å². The Hall–Kier alpha value is -0.610. The van der Waals surface area contributed by atoms with Crippen LogP contribution in [-0.4, -0.2) is 32.3 Å². The minimum absolute atomic E-state index is 0.207. The lowest BCUT2D eigenvalue weighted by molar-refractivity contribution is -0.253. The fraction of sp³-hybridized carbons (Fsp3) is 0.900. The molecule has 0 spiro atoms. The van der Waals surface area contributed by atoms with Gasteiger partial charge in [0.2, 0.25) is 0 Å². The monoisotopic (exact) mass is 198 g/mol. The molecular formula is C10H18N2O2. The number of rotatable bonds is 0. The third-order valence-electron chi connectivity index (χ3n) is 4.17. The molecule has 2 atom stereocenters. The molecule has 0 unspecified atom stereocenters. The summed E-state index contributed by atoms with van der Waals surface area (Å²) in [6, 6.07) is 0. The third kappa shape index (κ3) is 0.982. The van der Waals surface area contributed by atoms with Crippen LogP contribution in [0.2, 0.25) is 0 Å². The van der Waals surface area contributed by atoms with Gasteiger partial charge >= 0.3 is 0 Å². The van der Waals surface area contributed by atoms with E-state index in [0.717, 1.165) is 25.0 Å². The first-order valence-corrected chi connectivity index (χ1v) is 5.13. The maximum Gasteiger partial charge on any atom is 0.0851 e. The minimum atomic E-state index is -0.465. The molecule has 2 aliphatic heterocycles. The normalized spacial score (nSPS) is 44.6. The van der Waals surface area contributed by atoms with Crippen LogP contribution >= 0.6 is 0 Å². The zero-order valence-corrected chi connectivity index (χ0v) is 8.99. The molecule has 0 aromatic carbocycles. The predicted molar refractivity (Wildman–Crippen MR) is 52.7 cm³/mol. The SMILES string of the molecule is CC1(C)[C@@H]2CC[C@](C)(/C(=N\O)C2)N1O. The molecule has 3 fully saturated rings. The van der Waals surface area contributed by atoms with Gasteiger partial charge in [0.05, 0.1) is 11.3 Å². The molecule has 1 saturated carbocycles. The van der Waals surface area contributed by atoms with E-state index in [1.165, 1.54) is 5.06 Å². The Balaban J connectivity index is 2.44. The zero-order chi connectivity index (χ0) is 10.6. The average Bonchev–Trinajstić information content (AvgIpc) is 2.14. The fourth-order valence-electron chi connectivity index (χ4n) is 2.94. The molecule has 0 amide bonds. The fourth-order valence-corrected chi connectivity index (χ4v) is 2.94. The van der Waals surface area contributed by atoms with E-state index >= 15 is 0 Å². The average molecular weight is 198 g/mol. The van der Waals surface area contributed by atoms with E-state index in [4.69, 9.17) is 5.21 Å². The Kier molecular flexibility index (Phi) is 1.92. The maximum atomic E-state index is 10.1. The lowest BCUT2D eigenvalue weighted by Crippen LogP contribution is -2.69. The van der Waals surface area contributed by atoms with Crippen LogP contribution in [0.3, 0.4) is 0 Å². The standard InChI is InChI=1S/C10H18N2O2/c1-9(2)7-4-5-10(3,12(9)14)8(6-7)11-13/h7,13-14H,4-6H2,1-3H3/b11-8-/t7-,10-/m1/s1. The number of hydrogen-bond donors (Lipinski definition) is 2. The van der Waals surface area contributed by atoms with Crippen LogP contribution in [0.1, 0.15) is 40.0 Å². The maximum absolute atomic E-state index is 10.1. The molecule has 4 heteroatoms. The van der Waals surface area contributed by atoms with Gasteiger partial charge in [0.1, 0.15) is 0 Å². The number of hydroxylamine groups is 2. The summed E-state index contributed by atoms with van der Waals surface area (Å²) in [7, 11) is 0. The highest BCUT2D eigenvalue weighted by molar-refractivity contribution is 5.94. The van der Waals surface area contributed by atoms with E-state index < -0.39 is 5.54 Å². The van der Waals surface area contributed by atoms with Crippen molar-refractivity contribution in [1.82, 2.24) is 5.06 Å². The van der Waals surface area contributed by atoms with Crippen molar-refractivity contribution in [3.63, 3.8) is 0 Å². The van der Waals surface area contributed by atoms with Gasteiger partial charge in [-0.05, 0) is 46.0 Å². The van der Waals surface area contributed by atoms with Crippen molar-refractivity contribution < 1.29 is 10.4 Å². The van der Waals surface area contributed by atoms with E-state index in [1.54, 1.807) is 0 Å². The zero-order valence-electron chi connectivity index (χ0n) is 8.99. The van der Waals surface area contributed by atoms with E-state index in [9.17, 15) is 5.21 Å². The predicted octanol–water partition coefficient (Wildman–Crippen LogP) is 1.86. The lowest BCUT2D eigenvalue weighted by Gasteiger charge is -2.59. The minimum Gasteiger partial charge on any atom is -0.411 e. The first kappa shape index (κ1) is 9.93. The second-order valence-electron chi connectivity index (χ2n) is 5.23. The quantitative estimate of drug-likeness (QED) is 0.461. The van der Waals surface area contributed by atoms with Crippen molar-refractivity contribution >= 4 is 5.71 Å². The number of piperidine rings is 2. The largest absolute Gasteiger partial charge is 0.411 e. The highest BCUT2D eigenvalue weighted by Gasteiger charge is 2.57. The van der Waals surface area contributed by atoms with Crippen LogP contribution in [0, 0.1) is 5.92 Å². The highest BCUT2D eigenvalue weighted by Crippen LogP contribution is 2.49. The molecule has 3 aliphatic rings. The van der Waals surface area contributed by atoms with Gasteiger partial charge in [-0.3, -0.25) is 0 Å². The van der Waals surface area contributed by atoms with Gasteiger partial charge in [-0.25, -0.2) is 0 Å². The van der Waals surface area contributed by atoms with Gasteiger partial charge in [0.15, 0.2) is 0 Å². The van der Waals surface area contributed by atoms with Gasteiger partial charge in [-0.15, -0.1) is 0 Å². The number of oxime groups is 1. The van der Waals surface area contributed by atoms with Crippen LogP contribution in [0.25, 0.3) is 0 Å². The molecule has 2 N–H and O–H groups in total. The molecule has 1 aliphatic carbocycles. The van der Waals surface area contributed by atoms with E-state index in [0.29, 0.717) is 5.92 Å². The Bertz CT molecular complexity index is 288. The molecule has 2 bridgehead atoms. The number of fused-ring (bicyclic) bond motifs is 3. The Morgan fingerprint density at radius 2 is 2.07 bits per heavy atom. The first-order valence-electron chi connectivity index (χ1n) is 5.13. The van der Waals surface area contributed by atoms with Crippen LogP contribution in [0.15, 0.2) is 5.16 Å². The van der Waals surface area contributed by atoms with Crippen molar-refractivity contribution in [2.45, 2.75) is 51.1 Å². The summed E-state index contributed by atoms with van der Waals surface area (Å²) in [4.78, 5) is 0. The number of nitrogens with zero attached hydrogens (tertiary/aromatic N) is 2. The van der Waals surface area contributed by atoms with Gasteiger partial charge in [-0.1, -0.05) is 5.16 Å². The molecule has 14 heavy (non-hydrogen) atoms. The lowest BCUT2D eigenvalue weighted by atomic mass is 9.63. The van der Waals surface area contributed by atoms with Gasteiger partial charge in [0, 0.05) is 5.54 Å². The molecule has 0 radical (unpaired) electrons. The van der Waals surface area contributed by atoms with Gasteiger partial charge < -0.3 is 10.4 Å². The van der Waals surface area contributed by atoms with E-state index in [1.807, 2.05) is 20.8 Å². The van der Waals surface area contributed by atoms with Crippen molar-refractivity contribution in [2.75, 3.05) is 0 Å². The summed E-state index contributed by atoms with van der Waals surface area (Å²) in [6.07, 6.45) is 2.77. The molecule has 3 rings (SSSR count). The molecule has 2 heterocycles. The Labute approximate surface area is 84.2 Å². The van der Waals surface area contributed by atoms with Crippen LogP contribution in [0.4, 0.5) is 0 Å². The van der Waals surface area contributed by atoms with Crippen molar-refractivity contribution in [2.24, 2.45) is 11.1 Å². The third-order valence-corrected chi connectivity index (χ3v) is 4.17. The molecular weight excluding hydrogens is 180 g/mol. The summed E-state index contributed by atoms with van der Waals surface area (Å²) in [5, 5.41) is 23.8. The first-order chi connectivity index (χ1) is 6.43. The van der Waals surface area contributed by atoms with Crippen molar-refractivity contribution in [3.8, 4) is 0 Å².